The molecule has 0 unspecified atom stereocenters. The number of rotatable bonds is 7. The largest absolute Gasteiger partial charge is 0.485 e. The van der Waals surface area contributed by atoms with Gasteiger partial charge >= 0.3 is 0 Å². The lowest BCUT2D eigenvalue weighted by Gasteiger charge is -2.25. The summed E-state index contributed by atoms with van der Waals surface area (Å²) in [5, 5.41) is 0. The van der Waals surface area contributed by atoms with Gasteiger partial charge in [-0.05, 0) is 49.1 Å². The molecule has 0 spiro atoms. The predicted octanol–water partition coefficient (Wildman–Crippen LogP) is 6.36. The molecule has 0 fully saturated rings. The standard InChI is InChI=1S/C27H26F2N2O2/c1-17-8-5-9-19(14-17)27(3,4)15-23(32)25-18(2)30-26-24(12-7-13-31(25)26)33-16-20-21(28)10-6-11-22(20)29/h5-14H,15-16H2,1-4H3. The molecule has 2 aromatic heterocycles. The quantitative estimate of drug-likeness (QED) is 0.309. The van der Waals surface area contributed by atoms with Crippen LogP contribution in [0.2, 0.25) is 0 Å². The fraction of sp³-hybridized carbons (Fsp3) is 0.259. The van der Waals surface area contributed by atoms with Crippen LogP contribution in [0.5, 0.6) is 5.75 Å². The number of imidazole rings is 1. The molecule has 6 heteroatoms. The van der Waals surface area contributed by atoms with Crippen LogP contribution in [0.1, 0.15) is 53.1 Å². The van der Waals surface area contributed by atoms with Crippen LogP contribution in [0.4, 0.5) is 8.78 Å². The van der Waals surface area contributed by atoms with Crippen LogP contribution in [0.3, 0.4) is 0 Å². The predicted molar refractivity (Wildman–Crippen MR) is 124 cm³/mol. The molecular formula is C27H26F2N2O2. The zero-order chi connectivity index (χ0) is 23.8. The number of pyridine rings is 1. The maximum absolute atomic E-state index is 14.0. The molecule has 0 N–H and O–H groups in total. The summed E-state index contributed by atoms with van der Waals surface area (Å²) in [6, 6.07) is 15.3. The van der Waals surface area contributed by atoms with Gasteiger partial charge in [0.25, 0.3) is 0 Å². The first-order valence-electron chi connectivity index (χ1n) is 10.8. The highest BCUT2D eigenvalue weighted by Gasteiger charge is 2.28. The van der Waals surface area contributed by atoms with E-state index in [2.05, 4.69) is 24.9 Å². The first kappa shape index (κ1) is 22.6. The molecule has 2 aromatic carbocycles. The number of benzene rings is 2. The average Bonchev–Trinajstić information content (AvgIpc) is 3.09. The first-order valence-corrected chi connectivity index (χ1v) is 10.8. The SMILES string of the molecule is Cc1cccc(C(C)(C)CC(=O)c2c(C)nc3c(OCc4c(F)cccc4F)cccn23)c1. The Morgan fingerprint density at radius 1 is 1.03 bits per heavy atom. The number of Topliss-reactive ketones (excluding diaryl/α,β-unsaturated/α-hetero) is 1. The summed E-state index contributed by atoms with van der Waals surface area (Å²) < 4.78 is 35.4. The molecule has 0 aliphatic heterocycles. The van der Waals surface area contributed by atoms with Gasteiger partial charge in [-0.1, -0.05) is 49.7 Å². The lowest BCUT2D eigenvalue weighted by molar-refractivity contribution is 0.0951. The molecule has 2 heterocycles. The van der Waals surface area contributed by atoms with Gasteiger partial charge in [0.15, 0.2) is 17.2 Å². The third-order valence-corrected chi connectivity index (χ3v) is 5.89. The minimum Gasteiger partial charge on any atom is -0.485 e. The number of aromatic nitrogens is 2. The van der Waals surface area contributed by atoms with Crippen LogP contribution in [-0.2, 0) is 12.0 Å². The molecule has 4 nitrogen and oxygen atoms in total. The van der Waals surface area contributed by atoms with Crippen molar-refractivity contribution in [1.29, 1.82) is 0 Å². The number of aryl methyl sites for hydroxylation is 2. The van der Waals surface area contributed by atoms with Gasteiger partial charge in [0, 0.05) is 12.6 Å². The Kier molecular flexibility index (Phi) is 6.02. The summed E-state index contributed by atoms with van der Waals surface area (Å²) in [7, 11) is 0. The minimum atomic E-state index is -0.671. The number of fused-ring (bicyclic) bond motifs is 1. The molecule has 0 atom stereocenters. The number of carbonyl (C=O) groups is 1. The highest BCUT2D eigenvalue weighted by atomic mass is 19.1. The summed E-state index contributed by atoms with van der Waals surface area (Å²) in [5.41, 5.74) is 3.21. The van der Waals surface area contributed by atoms with E-state index in [9.17, 15) is 13.6 Å². The normalized spacial score (nSPS) is 11.7. The minimum absolute atomic E-state index is 0.0381. The van der Waals surface area contributed by atoms with Crippen molar-refractivity contribution >= 4 is 11.4 Å². The monoisotopic (exact) mass is 448 g/mol. The van der Waals surface area contributed by atoms with Gasteiger partial charge in [-0.15, -0.1) is 0 Å². The number of ketones is 1. The fourth-order valence-electron chi connectivity index (χ4n) is 4.08. The molecule has 33 heavy (non-hydrogen) atoms. The molecule has 0 aliphatic carbocycles. The molecule has 0 saturated heterocycles. The fourth-order valence-corrected chi connectivity index (χ4v) is 4.08. The average molecular weight is 449 g/mol. The van der Waals surface area contributed by atoms with E-state index in [0.29, 0.717) is 29.2 Å². The van der Waals surface area contributed by atoms with Gasteiger partial charge in [-0.2, -0.15) is 0 Å². The Bertz CT molecular complexity index is 1320. The highest BCUT2D eigenvalue weighted by Crippen LogP contribution is 2.31. The van der Waals surface area contributed by atoms with Crippen molar-refractivity contribution < 1.29 is 18.3 Å². The van der Waals surface area contributed by atoms with Crippen LogP contribution in [0.15, 0.2) is 60.8 Å². The van der Waals surface area contributed by atoms with Crippen molar-refractivity contribution in [3.05, 3.63) is 101 Å². The Morgan fingerprint density at radius 2 is 1.73 bits per heavy atom. The van der Waals surface area contributed by atoms with E-state index in [1.54, 1.807) is 29.7 Å². The topological polar surface area (TPSA) is 43.6 Å². The number of hydrogen-bond acceptors (Lipinski definition) is 3. The van der Waals surface area contributed by atoms with Crippen LogP contribution >= 0.6 is 0 Å². The van der Waals surface area contributed by atoms with E-state index in [0.717, 1.165) is 11.1 Å². The van der Waals surface area contributed by atoms with Gasteiger partial charge in [-0.3, -0.25) is 9.20 Å². The van der Waals surface area contributed by atoms with Crippen LogP contribution in [0.25, 0.3) is 5.65 Å². The third kappa shape index (κ3) is 4.51. The molecule has 0 radical (unpaired) electrons. The summed E-state index contributed by atoms with van der Waals surface area (Å²) >= 11 is 0. The van der Waals surface area contributed by atoms with Crippen molar-refractivity contribution in [2.24, 2.45) is 0 Å². The highest BCUT2D eigenvalue weighted by molar-refractivity contribution is 5.97. The van der Waals surface area contributed by atoms with Gasteiger partial charge in [0.1, 0.15) is 23.9 Å². The van der Waals surface area contributed by atoms with E-state index in [4.69, 9.17) is 4.74 Å². The molecule has 4 aromatic rings. The smallest absolute Gasteiger partial charge is 0.182 e. The Balaban J connectivity index is 1.63. The van der Waals surface area contributed by atoms with E-state index >= 15 is 0 Å². The molecule has 0 bridgehead atoms. The van der Waals surface area contributed by atoms with Gasteiger partial charge in [0.2, 0.25) is 0 Å². The van der Waals surface area contributed by atoms with Crippen molar-refractivity contribution in [2.75, 3.05) is 0 Å². The maximum atomic E-state index is 14.0. The molecule has 170 valence electrons. The molecule has 0 saturated carbocycles. The third-order valence-electron chi connectivity index (χ3n) is 5.89. The van der Waals surface area contributed by atoms with Crippen LogP contribution in [0, 0.1) is 25.5 Å². The zero-order valence-corrected chi connectivity index (χ0v) is 19.2. The summed E-state index contributed by atoms with van der Waals surface area (Å²) in [6.45, 7) is 7.63. The summed E-state index contributed by atoms with van der Waals surface area (Å²) in [5.74, 6) is -1.03. The number of halogens is 2. The Labute approximate surface area is 191 Å². The van der Waals surface area contributed by atoms with Crippen molar-refractivity contribution in [3.8, 4) is 5.75 Å². The molecule has 0 aliphatic rings. The van der Waals surface area contributed by atoms with Gasteiger partial charge in [-0.25, -0.2) is 13.8 Å². The number of nitrogens with zero attached hydrogens (tertiary/aromatic N) is 2. The Hall–Kier alpha value is -3.54. The van der Waals surface area contributed by atoms with Crippen molar-refractivity contribution in [3.63, 3.8) is 0 Å². The summed E-state index contributed by atoms with van der Waals surface area (Å²) in [6.07, 6.45) is 2.05. The Morgan fingerprint density at radius 3 is 2.42 bits per heavy atom. The van der Waals surface area contributed by atoms with Gasteiger partial charge < -0.3 is 4.74 Å². The molecule has 0 amide bonds. The number of ether oxygens (including phenoxy) is 1. The van der Waals surface area contributed by atoms with Crippen molar-refractivity contribution in [2.45, 2.75) is 46.1 Å². The van der Waals surface area contributed by atoms with Gasteiger partial charge in [0.05, 0.1) is 11.3 Å². The summed E-state index contributed by atoms with van der Waals surface area (Å²) in [4.78, 5) is 17.9. The molecular weight excluding hydrogens is 422 g/mol. The zero-order valence-electron chi connectivity index (χ0n) is 19.2. The lowest BCUT2D eigenvalue weighted by Crippen LogP contribution is -2.23. The maximum Gasteiger partial charge on any atom is 0.182 e. The van der Waals surface area contributed by atoms with Crippen LogP contribution < -0.4 is 4.74 Å². The van der Waals surface area contributed by atoms with E-state index < -0.39 is 11.6 Å². The number of hydrogen-bond donors (Lipinski definition) is 0. The first-order chi connectivity index (χ1) is 15.7. The number of carbonyl (C=O) groups excluding carboxylic acids is 1. The van der Waals surface area contributed by atoms with E-state index in [1.807, 2.05) is 25.1 Å². The van der Waals surface area contributed by atoms with E-state index in [1.165, 1.54) is 18.2 Å². The lowest BCUT2D eigenvalue weighted by atomic mass is 9.79. The second-order valence-corrected chi connectivity index (χ2v) is 8.95. The second kappa shape index (κ2) is 8.77. The van der Waals surface area contributed by atoms with E-state index in [-0.39, 0.29) is 23.4 Å². The second-order valence-electron chi connectivity index (χ2n) is 8.95. The van der Waals surface area contributed by atoms with Crippen molar-refractivity contribution in [1.82, 2.24) is 9.38 Å². The molecule has 4 rings (SSSR count). The van der Waals surface area contributed by atoms with Crippen LogP contribution in [-0.4, -0.2) is 15.2 Å².